The SMILES string of the molecule is CC#CCCC(C)[C@@H](/C=C/[C@@H]1[C@H]2C/C(=C/CO)C[C@H]2C[C@H]1OC1CCCCO1)OC1CCCCO1. The number of allylic oxidation sites excluding steroid dienone is 1. The number of aliphatic hydroxyl groups is 1. The van der Waals surface area contributed by atoms with Crippen LogP contribution in [0.4, 0.5) is 0 Å². The normalized spacial score (nSPS) is 36.1. The fraction of sp³-hybridized carbons (Fsp3) is 0.800. The van der Waals surface area contributed by atoms with E-state index in [9.17, 15) is 5.11 Å². The first kappa shape index (κ1) is 26.9. The zero-order chi connectivity index (χ0) is 24.5. The molecule has 196 valence electrons. The summed E-state index contributed by atoms with van der Waals surface area (Å²) in [7, 11) is 0. The molecule has 5 heteroatoms. The molecule has 2 heterocycles. The third-order valence-corrected chi connectivity index (χ3v) is 8.36. The zero-order valence-corrected chi connectivity index (χ0v) is 21.8. The predicted molar refractivity (Wildman–Crippen MR) is 137 cm³/mol. The van der Waals surface area contributed by atoms with Crippen LogP contribution in [0.3, 0.4) is 0 Å². The van der Waals surface area contributed by atoms with Crippen molar-refractivity contribution in [1.29, 1.82) is 0 Å². The van der Waals surface area contributed by atoms with Crippen molar-refractivity contribution < 1.29 is 24.1 Å². The van der Waals surface area contributed by atoms with Gasteiger partial charge in [0.2, 0.25) is 0 Å². The van der Waals surface area contributed by atoms with Crippen LogP contribution in [0.25, 0.3) is 0 Å². The van der Waals surface area contributed by atoms with Gasteiger partial charge < -0.3 is 24.1 Å². The maximum Gasteiger partial charge on any atom is 0.158 e. The molecule has 0 radical (unpaired) electrons. The van der Waals surface area contributed by atoms with Crippen molar-refractivity contribution in [1.82, 2.24) is 0 Å². The third kappa shape index (κ3) is 7.66. The molecular weight excluding hydrogens is 440 g/mol. The second-order valence-corrected chi connectivity index (χ2v) is 10.9. The van der Waals surface area contributed by atoms with E-state index in [-0.39, 0.29) is 31.4 Å². The highest BCUT2D eigenvalue weighted by Gasteiger charge is 2.47. The second kappa shape index (κ2) is 14.0. The molecule has 2 saturated carbocycles. The predicted octanol–water partition coefficient (Wildman–Crippen LogP) is 5.77. The first-order valence-corrected chi connectivity index (χ1v) is 14.1. The topological polar surface area (TPSA) is 57.2 Å². The average Bonchev–Trinajstić information content (AvgIpc) is 3.40. The van der Waals surface area contributed by atoms with Crippen molar-refractivity contribution in [3.63, 3.8) is 0 Å². The number of aliphatic hydroxyl groups excluding tert-OH is 1. The molecule has 0 spiro atoms. The van der Waals surface area contributed by atoms with Gasteiger partial charge in [0.05, 0.1) is 18.8 Å². The van der Waals surface area contributed by atoms with Gasteiger partial charge >= 0.3 is 0 Å². The lowest BCUT2D eigenvalue weighted by Crippen LogP contribution is -2.32. The molecule has 3 unspecified atom stereocenters. The summed E-state index contributed by atoms with van der Waals surface area (Å²) in [6.45, 7) is 5.92. The van der Waals surface area contributed by atoms with E-state index in [1.807, 2.05) is 13.0 Å². The second-order valence-electron chi connectivity index (χ2n) is 10.9. The van der Waals surface area contributed by atoms with Crippen LogP contribution in [0.1, 0.15) is 84.5 Å². The molecule has 35 heavy (non-hydrogen) atoms. The van der Waals surface area contributed by atoms with Gasteiger partial charge in [-0.15, -0.1) is 11.8 Å². The minimum atomic E-state index is -0.109. The Balaban J connectivity index is 1.48. The summed E-state index contributed by atoms with van der Waals surface area (Å²) in [5.74, 6) is 8.12. The van der Waals surface area contributed by atoms with E-state index in [1.54, 1.807) is 0 Å². The lowest BCUT2D eigenvalue weighted by atomic mass is 9.89. The summed E-state index contributed by atoms with van der Waals surface area (Å²) in [5.41, 5.74) is 1.41. The molecule has 0 aromatic heterocycles. The summed E-state index contributed by atoms with van der Waals surface area (Å²) in [6, 6.07) is 0. The van der Waals surface area contributed by atoms with Crippen LogP contribution >= 0.6 is 0 Å². The molecule has 4 rings (SSSR count). The van der Waals surface area contributed by atoms with Gasteiger partial charge in [-0.25, -0.2) is 0 Å². The van der Waals surface area contributed by atoms with Crippen LogP contribution in [0.2, 0.25) is 0 Å². The highest BCUT2D eigenvalue weighted by atomic mass is 16.7. The van der Waals surface area contributed by atoms with Crippen molar-refractivity contribution in [2.45, 2.75) is 109 Å². The first-order valence-electron chi connectivity index (χ1n) is 14.1. The van der Waals surface area contributed by atoms with Crippen LogP contribution in [0.15, 0.2) is 23.8 Å². The molecule has 2 aliphatic heterocycles. The molecule has 8 atom stereocenters. The molecule has 2 saturated heterocycles. The molecule has 5 nitrogen and oxygen atoms in total. The Bertz CT molecular complexity index is 752. The Kier molecular flexibility index (Phi) is 10.7. The van der Waals surface area contributed by atoms with Crippen molar-refractivity contribution >= 4 is 0 Å². The van der Waals surface area contributed by atoms with E-state index in [0.717, 1.165) is 71.0 Å². The molecule has 4 aliphatic rings. The molecule has 0 aromatic carbocycles. The fourth-order valence-electron chi connectivity index (χ4n) is 6.39. The summed E-state index contributed by atoms with van der Waals surface area (Å²) >= 11 is 0. The highest BCUT2D eigenvalue weighted by Crippen LogP contribution is 2.52. The Labute approximate surface area is 212 Å². The lowest BCUT2D eigenvalue weighted by Gasteiger charge is -2.31. The Hall–Kier alpha value is -1.16. The van der Waals surface area contributed by atoms with Gasteiger partial charge in [0.25, 0.3) is 0 Å². The number of fused-ring (bicyclic) bond motifs is 1. The van der Waals surface area contributed by atoms with Gasteiger partial charge in [0.1, 0.15) is 0 Å². The van der Waals surface area contributed by atoms with Gasteiger partial charge in [-0.2, -0.15) is 0 Å². The molecule has 0 bridgehead atoms. The van der Waals surface area contributed by atoms with E-state index >= 15 is 0 Å². The Morgan fingerprint density at radius 2 is 1.86 bits per heavy atom. The maximum absolute atomic E-state index is 9.44. The largest absolute Gasteiger partial charge is 0.392 e. The number of hydrogen-bond donors (Lipinski definition) is 1. The molecule has 2 aliphatic carbocycles. The smallest absolute Gasteiger partial charge is 0.158 e. The highest BCUT2D eigenvalue weighted by molar-refractivity contribution is 5.18. The van der Waals surface area contributed by atoms with E-state index in [1.165, 1.54) is 18.4 Å². The summed E-state index contributed by atoms with van der Waals surface area (Å²) in [6.07, 6.45) is 18.5. The third-order valence-electron chi connectivity index (χ3n) is 8.36. The minimum absolute atomic E-state index is 0.0104. The average molecular weight is 487 g/mol. The molecular formula is C30H46O5. The molecule has 0 aromatic rings. The molecule has 1 N–H and O–H groups in total. The fourth-order valence-corrected chi connectivity index (χ4v) is 6.39. The van der Waals surface area contributed by atoms with Gasteiger partial charge in [-0.05, 0) is 88.9 Å². The van der Waals surface area contributed by atoms with E-state index in [4.69, 9.17) is 18.9 Å². The minimum Gasteiger partial charge on any atom is -0.392 e. The quantitative estimate of drug-likeness (QED) is 0.314. The number of ether oxygens (including phenoxy) is 4. The Morgan fingerprint density at radius 3 is 2.54 bits per heavy atom. The van der Waals surface area contributed by atoms with Crippen LogP contribution in [0.5, 0.6) is 0 Å². The van der Waals surface area contributed by atoms with Crippen LogP contribution in [0, 0.1) is 35.5 Å². The van der Waals surface area contributed by atoms with Crippen molar-refractivity contribution in [3.8, 4) is 11.8 Å². The lowest BCUT2D eigenvalue weighted by molar-refractivity contribution is -0.193. The monoisotopic (exact) mass is 486 g/mol. The number of hydrogen-bond acceptors (Lipinski definition) is 5. The standard InChI is InChI=1S/C30H46O5/c1-3-4-5-10-22(2)27(34-29-11-6-8-17-32-29)14-13-25-26-20-23(15-16-31)19-24(26)21-28(25)35-30-12-7-9-18-33-30/h13-15,22,24-31H,5-12,16-21H2,1-2H3/b14-13+,23-15+/t22?,24-,25+,26-,27+,28+,29?,30?/m0/s1. The summed E-state index contributed by atoms with van der Waals surface area (Å²) < 4.78 is 25.0. The van der Waals surface area contributed by atoms with Crippen molar-refractivity contribution in [3.05, 3.63) is 23.8 Å². The zero-order valence-electron chi connectivity index (χ0n) is 21.8. The molecule has 4 fully saturated rings. The van der Waals surface area contributed by atoms with E-state index in [2.05, 4.69) is 30.9 Å². The van der Waals surface area contributed by atoms with Crippen LogP contribution in [-0.4, -0.2) is 49.7 Å². The maximum atomic E-state index is 9.44. The molecule has 0 amide bonds. The van der Waals surface area contributed by atoms with Gasteiger partial charge in [0, 0.05) is 25.6 Å². The van der Waals surface area contributed by atoms with Gasteiger partial charge in [-0.1, -0.05) is 30.7 Å². The summed E-state index contributed by atoms with van der Waals surface area (Å²) in [5, 5.41) is 9.44. The Morgan fingerprint density at radius 1 is 1.09 bits per heavy atom. The van der Waals surface area contributed by atoms with Crippen molar-refractivity contribution in [2.24, 2.45) is 23.7 Å². The van der Waals surface area contributed by atoms with Crippen molar-refractivity contribution in [2.75, 3.05) is 19.8 Å². The summed E-state index contributed by atoms with van der Waals surface area (Å²) in [4.78, 5) is 0. The number of rotatable bonds is 10. The first-order chi connectivity index (χ1) is 17.2. The van der Waals surface area contributed by atoms with Crippen LogP contribution < -0.4 is 0 Å². The van der Waals surface area contributed by atoms with Gasteiger partial charge in [-0.3, -0.25) is 0 Å². The van der Waals surface area contributed by atoms with Gasteiger partial charge in [0.15, 0.2) is 12.6 Å². The van der Waals surface area contributed by atoms with E-state index in [0.29, 0.717) is 23.7 Å². The van der Waals surface area contributed by atoms with Crippen LogP contribution in [-0.2, 0) is 18.9 Å². The van der Waals surface area contributed by atoms with E-state index < -0.39 is 0 Å².